The molecular formula is C20H23N5O2. The Kier molecular flexibility index (Phi) is 4.53. The molecule has 3 heterocycles. The number of nitrogens with zero attached hydrogens (tertiary/aromatic N) is 4. The Morgan fingerprint density at radius 3 is 2.78 bits per heavy atom. The molecule has 7 nitrogen and oxygen atoms in total. The minimum Gasteiger partial charge on any atom is -0.481 e. The molecule has 0 atom stereocenters. The van der Waals surface area contributed by atoms with Gasteiger partial charge in [0.05, 0.1) is 29.6 Å². The molecule has 0 saturated carbocycles. The number of fused-ring (bicyclic) bond motifs is 1. The molecule has 1 aliphatic heterocycles. The van der Waals surface area contributed by atoms with Gasteiger partial charge >= 0.3 is 0 Å². The number of aryl methyl sites for hydroxylation is 2. The Hall–Kier alpha value is -2.93. The van der Waals surface area contributed by atoms with E-state index >= 15 is 0 Å². The van der Waals surface area contributed by atoms with Gasteiger partial charge < -0.3 is 9.72 Å². The van der Waals surface area contributed by atoms with Gasteiger partial charge in [0.2, 0.25) is 5.88 Å². The van der Waals surface area contributed by atoms with E-state index < -0.39 is 0 Å². The summed E-state index contributed by atoms with van der Waals surface area (Å²) >= 11 is 0. The second kappa shape index (κ2) is 7.00. The summed E-state index contributed by atoms with van der Waals surface area (Å²) in [7, 11) is 3.53. The summed E-state index contributed by atoms with van der Waals surface area (Å²) in [5, 5.41) is 4.44. The van der Waals surface area contributed by atoms with E-state index in [9.17, 15) is 4.79 Å². The van der Waals surface area contributed by atoms with E-state index in [1.807, 2.05) is 44.3 Å². The van der Waals surface area contributed by atoms with E-state index in [1.165, 1.54) is 0 Å². The largest absolute Gasteiger partial charge is 0.481 e. The molecule has 0 unspecified atom stereocenters. The highest BCUT2D eigenvalue weighted by Gasteiger charge is 2.24. The first kappa shape index (κ1) is 17.5. The van der Waals surface area contributed by atoms with Crippen LogP contribution in [0.1, 0.15) is 22.5 Å². The minimum absolute atomic E-state index is 0.0570. The molecule has 4 rings (SSSR count). The first-order valence-electron chi connectivity index (χ1n) is 9.03. The third-order valence-electron chi connectivity index (χ3n) is 5.06. The maximum atomic E-state index is 12.7. The van der Waals surface area contributed by atoms with Crippen molar-refractivity contribution < 1.29 is 4.74 Å². The lowest BCUT2D eigenvalue weighted by atomic mass is 10.1. The molecule has 1 aliphatic rings. The SMILES string of the molecule is COc1c(CN2CCc3nc(-c4ccccc4)[nH]c(=O)c3C2)c(C)nn1C. The highest BCUT2D eigenvalue weighted by molar-refractivity contribution is 5.54. The predicted octanol–water partition coefficient (Wildman–Crippen LogP) is 2.05. The number of benzene rings is 1. The van der Waals surface area contributed by atoms with Crippen molar-refractivity contribution in [2.24, 2.45) is 7.05 Å². The fraction of sp³-hybridized carbons (Fsp3) is 0.350. The van der Waals surface area contributed by atoms with E-state index in [2.05, 4.69) is 15.0 Å². The van der Waals surface area contributed by atoms with E-state index in [-0.39, 0.29) is 5.56 Å². The van der Waals surface area contributed by atoms with E-state index in [0.717, 1.165) is 46.9 Å². The van der Waals surface area contributed by atoms with Gasteiger partial charge in [-0.3, -0.25) is 9.69 Å². The fourth-order valence-electron chi connectivity index (χ4n) is 3.69. The first-order chi connectivity index (χ1) is 13.1. The summed E-state index contributed by atoms with van der Waals surface area (Å²) in [6.07, 6.45) is 0.751. The number of aromatic nitrogens is 4. The van der Waals surface area contributed by atoms with Crippen LogP contribution in [-0.4, -0.2) is 38.3 Å². The van der Waals surface area contributed by atoms with E-state index in [0.29, 0.717) is 18.9 Å². The average Bonchev–Trinajstić information content (AvgIpc) is 2.95. The Morgan fingerprint density at radius 1 is 1.26 bits per heavy atom. The van der Waals surface area contributed by atoms with Crippen LogP contribution < -0.4 is 10.3 Å². The van der Waals surface area contributed by atoms with Crippen molar-refractivity contribution in [1.29, 1.82) is 0 Å². The first-order valence-corrected chi connectivity index (χ1v) is 9.03. The Balaban J connectivity index is 1.60. The fourth-order valence-corrected chi connectivity index (χ4v) is 3.69. The molecule has 0 spiro atoms. The summed E-state index contributed by atoms with van der Waals surface area (Å²) in [6.45, 7) is 4.10. The maximum absolute atomic E-state index is 12.7. The number of nitrogens with one attached hydrogen (secondary N) is 1. The third kappa shape index (κ3) is 3.26. The van der Waals surface area contributed by atoms with Crippen LogP contribution in [-0.2, 0) is 26.6 Å². The maximum Gasteiger partial charge on any atom is 0.255 e. The van der Waals surface area contributed by atoms with Crippen LogP contribution in [0.3, 0.4) is 0 Å². The summed E-state index contributed by atoms with van der Waals surface area (Å²) in [5.41, 5.74) is 4.53. The van der Waals surface area contributed by atoms with Crippen molar-refractivity contribution >= 4 is 0 Å². The summed E-state index contributed by atoms with van der Waals surface area (Å²) in [6, 6.07) is 9.75. The Labute approximate surface area is 157 Å². The van der Waals surface area contributed by atoms with Crippen LogP contribution in [0.4, 0.5) is 0 Å². The van der Waals surface area contributed by atoms with Crippen molar-refractivity contribution in [3.8, 4) is 17.3 Å². The second-order valence-electron chi connectivity index (χ2n) is 6.86. The molecule has 0 amide bonds. The zero-order valence-corrected chi connectivity index (χ0v) is 15.8. The molecule has 0 fully saturated rings. The lowest BCUT2D eigenvalue weighted by molar-refractivity contribution is 0.237. The monoisotopic (exact) mass is 365 g/mol. The quantitative estimate of drug-likeness (QED) is 0.766. The van der Waals surface area contributed by atoms with Gasteiger partial charge in [-0.1, -0.05) is 30.3 Å². The number of H-pyrrole nitrogens is 1. The van der Waals surface area contributed by atoms with Crippen molar-refractivity contribution in [1.82, 2.24) is 24.6 Å². The molecule has 27 heavy (non-hydrogen) atoms. The highest BCUT2D eigenvalue weighted by Crippen LogP contribution is 2.25. The van der Waals surface area contributed by atoms with Crippen LogP contribution in [0.25, 0.3) is 11.4 Å². The van der Waals surface area contributed by atoms with Gasteiger partial charge in [-0.25, -0.2) is 9.67 Å². The molecule has 7 heteroatoms. The predicted molar refractivity (Wildman–Crippen MR) is 103 cm³/mol. The average molecular weight is 365 g/mol. The van der Waals surface area contributed by atoms with Crippen LogP contribution >= 0.6 is 0 Å². The number of rotatable bonds is 4. The lowest BCUT2D eigenvalue weighted by Gasteiger charge is -2.27. The normalized spacial score (nSPS) is 14.2. The van der Waals surface area contributed by atoms with Crippen molar-refractivity contribution in [3.63, 3.8) is 0 Å². The number of ether oxygens (including phenoxy) is 1. The topological polar surface area (TPSA) is 76.0 Å². The van der Waals surface area contributed by atoms with Crippen molar-refractivity contribution in [2.75, 3.05) is 13.7 Å². The molecule has 0 aliphatic carbocycles. The van der Waals surface area contributed by atoms with Crippen LogP contribution in [0.5, 0.6) is 5.88 Å². The standard InChI is InChI=1S/C20H23N5O2/c1-13-15(20(27-3)24(2)23-13)11-25-10-9-17-16(12-25)19(26)22-18(21-17)14-7-5-4-6-8-14/h4-8H,9-12H2,1-3H3,(H,21,22,26). The Morgan fingerprint density at radius 2 is 2.04 bits per heavy atom. The van der Waals surface area contributed by atoms with Crippen LogP contribution in [0.15, 0.2) is 35.1 Å². The van der Waals surface area contributed by atoms with Gasteiger partial charge in [0, 0.05) is 38.7 Å². The molecule has 140 valence electrons. The smallest absolute Gasteiger partial charge is 0.255 e. The van der Waals surface area contributed by atoms with Gasteiger partial charge in [0.25, 0.3) is 5.56 Å². The minimum atomic E-state index is -0.0570. The molecule has 1 aromatic carbocycles. The third-order valence-corrected chi connectivity index (χ3v) is 5.06. The van der Waals surface area contributed by atoms with Crippen LogP contribution in [0, 0.1) is 6.92 Å². The van der Waals surface area contributed by atoms with Crippen molar-refractivity contribution in [2.45, 2.75) is 26.4 Å². The number of methoxy groups -OCH3 is 1. The van der Waals surface area contributed by atoms with E-state index in [4.69, 9.17) is 9.72 Å². The molecule has 3 aromatic rings. The lowest BCUT2D eigenvalue weighted by Crippen LogP contribution is -2.35. The number of hydrogen-bond acceptors (Lipinski definition) is 5. The summed E-state index contributed by atoms with van der Waals surface area (Å²) in [4.78, 5) is 22.6. The zero-order valence-electron chi connectivity index (χ0n) is 15.8. The van der Waals surface area contributed by atoms with Gasteiger partial charge in [0.15, 0.2) is 0 Å². The highest BCUT2D eigenvalue weighted by atomic mass is 16.5. The molecule has 1 N–H and O–H groups in total. The van der Waals surface area contributed by atoms with Gasteiger partial charge in [-0.05, 0) is 6.92 Å². The molecular weight excluding hydrogens is 342 g/mol. The van der Waals surface area contributed by atoms with Crippen molar-refractivity contribution in [3.05, 3.63) is 63.2 Å². The zero-order chi connectivity index (χ0) is 19.0. The molecule has 2 aromatic heterocycles. The summed E-state index contributed by atoms with van der Waals surface area (Å²) < 4.78 is 7.24. The number of hydrogen-bond donors (Lipinski definition) is 1. The van der Waals surface area contributed by atoms with Gasteiger partial charge in [-0.15, -0.1) is 0 Å². The van der Waals surface area contributed by atoms with Crippen LogP contribution in [0.2, 0.25) is 0 Å². The molecule has 0 saturated heterocycles. The molecule has 0 bridgehead atoms. The summed E-state index contributed by atoms with van der Waals surface area (Å²) in [5.74, 6) is 1.40. The second-order valence-corrected chi connectivity index (χ2v) is 6.86. The van der Waals surface area contributed by atoms with Gasteiger partial charge in [0.1, 0.15) is 5.82 Å². The van der Waals surface area contributed by atoms with Gasteiger partial charge in [-0.2, -0.15) is 5.10 Å². The number of aromatic amines is 1. The Bertz CT molecular complexity index is 1020. The van der Waals surface area contributed by atoms with E-state index in [1.54, 1.807) is 11.8 Å². The molecule has 0 radical (unpaired) electrons.